The van der Waals surface area contributed by atoms with Crippen LogP contribution in [-0.2, 0) is 15.3 Å². The van der Waals surface area contributed by atoms with Crippen molar-refractivity contribution in [3.63, 3.8) is 0 Å². The van der Waals surface area contributed by atoms with Gasteiger partial charge in [-0.05, 0) is 18.2 Å². The van der Waals surface area contributed by atoms with Crippen LogP contribution in [0, 0.1) is 0 Å². The lowest BCUT2D eigenvalue weighted by Crippen LogP contribution is -2.32. The Balaban J connectivity index is 2.03. The summed E-state index contributed by atoms with van der Waals surface area (Å²) in [5.41, 5.74) is 1.69. The second-order valence-corrected chi connectivity index (χ2v) is 5.77. The Morgan fingerprint density at radius 2 is 1.70 bits per heavy atom. The quantitative estimate of drug-likeness (QED) is 0.730. The van der Waals surface area contributed by atoms with Crippen molar-refractivity contribution in [2.45, 2.75) is 15.6 Å². The molecule has 1 spiro atoms. The standard InChI is InChI=1S/C15H12O4S/c16-11-6-5-10-14(13(11)17)20-12-4-2-1-3-9(12)15(10)18-7-8-19-15/h1-6,16-17H,7-8H2. The van der Waals surface area contributed by atoms with E-state index in [-0.39, 0.29) is 11.5 Å². The molecule has 0 bridgehead atoms. The molecular formula is C15H12O4S. The van der Waals surface area contributed by atoms with Crippen molar-refractivity contribution in [3.8, 4) is 11.5 Å². The highest BCUT2D eigenvalue weighted by Gasteiger charge is 2.47. The number of rotatable bonds is 0. The van der Waals surface area contributed by atoms with Crippen molar-refractivity contribution in [3.05, 3.63) is 47.5 Å². The number of benzene rings is 2. The van der Waals surface area contributed by atoms with Crippen LogP contribution >= 0.6 is 11.8 Å². The number of aromatic hydroxyl groups is 2. The normalized spacial score (nSPS) is 18.8. The Hall–Kier alpha value is -1.69. The van der Waals surface area contributed by atoms with E-state index in [9.17, 15) is 10.2 Å². The van der Waals surface area contributed by atoms with E-state index in [1.165, 1.54) is 17.8 Å². The largest absolute Gasteiger partial charge is 0.504 e. The van der Waals surface area contributed by atoms with Crippen molar-refractivity contribution in [2.75, 3.05) is 13.2 Å². The number of hydrogen-bond donors (Lipinski definition) is 2. The van der Waals surface area contributed by atoms with Gasteiger partial charge in [0.25, 0.3) is 0 Å². The van der Waals surface area contributed by atoms with E-state index in [0.717, 1.165) is 16.0 Å². The molecular weight excluding hydrogens is 276 g/mol. The Morgan fingerprint density at radius 1 is 0.950 bits per heavy atom. The van der Waals surface area contributed by atoms with Gasteiger partial charge in [-0.2, -0.15) is 0 Å². The number of phenols is 2. The second-order valence-electron chi connectivity index (χ2n) is 4.72. The Morgan fingerprint density at radius 3 is 2.50 bits per heavy atom. The molecule has 0 amide bonds. The van der Waals surface area contributed by atoms with Gasteiger partial charge < -0.3 is 19.7 Å². The predicted octanol–water partition coefficient (Wildman–Crippen LogP) is 2.81. The van der Waals surface area contributed by atoms with Crippen LogP contribution in [0.1, 0.15) is 11.1 Å². The molecule has 0 unspecified atom stereocenters. The van der Waals surface area contributed by atoms with Gasteiger partial charge in [0, 0.05) is 16.0 Å². The lowest BCUT2D eigenvalue weighted by Gasteiger charge is -2.35. The van der Waals surface area contributed by atoms with Crippen LogP contribution < -0.4 is 0 Å². The lowest BCUT2D eigenvalue weighted by atomic mass is 9.96. The third-order valence-electron chi connectivity index (χ3n) is 3.61. The summed E-state index contributed by atoms with van der Waals surface area (Å²) < 4.78 is 11.8. The fourth-order valence-electron chi connectivity index (χ4n) is 2.73. The fraction of sp³-hybridized carbons (Fsp3) is 0.200. The third-order valence-corrected chi connectivity index (χ3v) is 4.81. The van der Waals surface area contributed by atoms with Crippen molar-refractivity contribution in [2.24, 2.45) is 0 Å². The number of phenolic OH excluding ortho intramolecular Hbond substituents is 2. The van der Waals surface area contributed by atoms with E-state index >= 15 is 0 Å². The third kappa shape index (κ3) is 1.45. The summed E-state index contributed by atoms with van der Waals surface area (Å²) in [6.45, 7) is 1.00. The van der Waals surface area contributed by atoms with Crippen molar-refractivity contribution in [1.29, 1.82) is 0 Å². The average molecular weight is 288 g/mol. The molecule has 2 aromatic rings. The summed E-state index contributed by atoms with van der Waals surface area (Å²) >= 11 is 1.41. The monoisotopic (exact) mass is 288 g/mol. The first kappa shape index (κ1) is 12.1. The molecule has 5 heteroatoms. The molecule has 4 nitrogen and oxygen atoms in total. The number of fused-ring (bicyclic) bond motifs is 4. The zero-order chi connectivity index (χ0) is 13.7. The van der Waals surface area contributed by atoms with Gasteiger partial charge in [-0.3, -0.25) is 0 Å². The Bertz CT molecular complexity index is 692. The molecule has 102 valence electrons. The van der Waals surface area contributed by atoms with E-state index in [1.807, 2.05) is 24.3 Å². The molecule has 1 saturated heterocycles. The first-order valence-corrected chi connectivity index (χ1v) is 7.15. The van der Waals surface area contributed by atoms with Crippen LogP contribution in [0.15, 0.2) is 46.2 Å². The van der Waals surface area contributed by atoms with Gasteiger partial charge in [0.15, 0.2) is 11.5 Å². The molecule has 2 heterocycles. The molecule has 0 atom stereocenters. The minimum Gasteiger partial charge on any atom is -0.504 e. The van der Waals surface area contributed by atoms with E-state index in [4.69, 9.17) is 9.47 Å². The number of ether oxygens (including phenoxy) is 2. The van der Waals surface area contributed by atoms with Crippen LogP contribution in [0.25, 0.3) is 0 Å². The Kier molecular flexibility index (Phi) is 2.51. The summed E-state index contributed by atoms with van der Waals surface area (Å²) in [5.74, 6) is -1.23. The average Bonchev–Trinajstić information content (AvgIpc) is 2.94. The van der Waals surface area contributed by atoms with Crippen LogP contribution in [0.3, 0.4) is 0 Å². The van der Waals surface area contributed by atoms with Crippen molar-refractivity contribution < 1.29 is 19.7 Å². The van der Waals surface area contributed by atoms with Gasteiger partial charge in [-0.25, -0.2) is 0 Å². The zero-order valence-electron chi connectivity index (χ0n) is 10.5. The Labute approximate surface area is 120 Å². The maximum absolute atomic E-state index is 10.1. The molecule has 0 aromatic heterocycles. The lowest BCUT2D eigenvalue weighted by molar-refractivity contribution is -0.134. The smallest absolute Gasteiger partial charge is 0.224 e. The summed E-state index contributed by atoms with van der Waals surface area (Å²) in [4.78, 5) is 1.55. The topological polar surface area (TPSA) is 58.9 Å². The molecule has 2 N–H and O–H groups in total. The summed E-state index contributed by atoms with van der Waals surface area (Å²) in [6.07, 6.45) is 0. The molecule has 0 aliphatic carbocycles. The van der Waals surface area contributed by atoms with Gasteiger partial charge >= 0.3 is 0 Å². The highest BCUT2D eigenvalue weighted by atomic mass is 32.2. The SMILES string of the molecule is Oc1ccc2c(c1O)Sc1ccccc1C21OCCO1. The van der Waals surface area contributed by atoms with E-state index in [0.29, 0.717) is 18.1 Å². The van der Waals surface area contributed by atoms with Crippen molar-refractivity contribution in [1.82, 2.24) is 0 Å². The van der Waals surface area contributed by atoms with Gasteiger partial charge in [-0.1, -0.05) is 30.0 Å². The first-order valence-electron chi connectivity index (χ1n) is 6.33. The molecule has 0 radical (unpaired) electrons. The minimum atomic E-state index is -0.970. The summed E-state index contributed by atoms with van der Waals surface area (Å²) in [7, 11) is 0. The number of hydrogen-bond acceptors (Lipinski definition) is 5. The van der Waals surface area contributed by atoms with Crippen LogP contribution in [-0.4, -0.2) is 23.4 Å². The summed E-state index contributed by atoms with van der Waals surface area (Å²) in [6, 6.07) is 11.0. The maximum Gasteiger partial charge on any atom is 0.224 e. The highest BCUT2D eigenvalue weighted by molar-refractivity contribution is 7.99. The second kappa shape index (κ2) is 4.15. The highest BCUT2D eigenvalue weighted by Crippen LogP contribution is 2.55. The minimum absolute atomic E-state index is 0.125. The van der Waals surface area contributed by atoms with Crippen LogP contribution in [0.5, 0.6) is 11.5 Å². The molecule has 20 heavy (non-hydrogen) atoms. The molecule has 2 aliphatic rings. The zero-order valence-corrected chi connectivity index (χ0v) is 11.3. The van der Waals surface area contributed by atoms with Crippen LogP contribution in [0.2, 0.25) is 0 Å². The molecule has 4 rings (SSSR count). The van der Waals surface area contributed by atoms with Gasteiger partial charge in [0.2, 0.25) is 5.79 Å². The molecule has 2 aromatic carbocycles. The van der Waals surface area contributed by atoms with E-state index in [1.54, 1.807) is 6.07 Å². The predicted molar refractivity (Wildman–Crippen MR) is 73.0 cm³/mol. The molecule has 1 fully saturated rings. The van der Waals surface area contributed by atoms with E-state index < -0.39 is 5.79 Å². The van der Waals surface area contributed by atoms with E-state index in [2.05, 4.69) is 0 Å². The first-order chi connectivity index (χ1) is 9.72. The van der Waals surface area contributed by atoms with Gasteiger partial charge in [-0.15, -0.1) is 0 Å². The molecule has 0 saturated carbocycles. The van der Waals surface area contributed by atoms with Gasteiger partial charge in [0.05, 0.1) is 18.1 Å². The van der Waals surface area contributed by atoms with Crippen LogP contribution in [0.4, 0.5) is 0 Å². The summed E-state index contributed by atoms with van der Waals surface area (Å²) in [5, 5.41) is 19.8. The van der Waals surface area contributed by atoms with Gasteiger partial charge in [0.1, 0.15) is 0 Å². The fourth-order valence-corrected chi connectivity index (χ4v) is 3.92. The van der Waals surface area contributed by atoms with Crippen molar-refractivity contribution >= 4 is 11.8 Å². The molecule has 2 aliphatic heterocycles. The maximum atomic E-state index is 10.1.